The summed E-state index contributed by atoms with van der Waals surface area (Å²) in [6, 6.07) is 1.13. The number of nitrogens with one attached hydrogen (secondary N) is 1. The molecule has 3 N–H and O–H groups in total. The van der Waals surface area contributed by atoms with E-state index in [1.54, 1.807) is 13.8 Å². The summed E-state index contributed by atoms with van der Waals surface area (Å²) in [5.41, 5.74) is 5.14. The number of carbonyl (C=O) groups excluding carboxylic acids is 1. The fourth-order valence-electron chi connectivity index (χ4n) is 0.967. The Bertz CT molecular complexity index is 365. The number of rotatable bonds is 3. The minimum atomic E-state index is -0.534. The Morgan fingerprint density at radius 1 is 1.60 bits per heavy atom. The molecule has 0 aliphatic heterocycles. The van der Waals surface area contributed by atoms with E-state index >= 15 is 0 Å². The molecule has 0 radical (unpaired) electrons. The van der Waals surface area contributed by atoms with Crippen molar-refractivity contribution in [2.45, 2.75) is 19.4 Å². The summed E-state index contributed by atoms with van der Waals surface area (Å²) < 4.78 is 12.8. The van der Waals surface area contributed by atoms with E-state index in [1.807, 2.05) is 0 Å². The second kappa shape index (κ2) is 4.35. The highest BCUT2D eigenvalue weighted by Gasteiger charge is 2.19. The highest BCUT2D eigenvalue weighted by atomic mass is 19.1. The molecular formula is C10H14FN3O. The second-order valence-electron chi connectivity index (χ2n) is 3.93. The van der Waals surface area contributed by atoms with Crippen molar-refractivity contribution in [3.05, 3.63) is 29.8 Å². The van der Waals surface area contributed by atoms with Crippen molar-refractivity contribution in [2.24, 2.45) is 5.73 Å². The van der Waals surface area contributed by atoms with Crippen LogP contribution in [0.1, 0.15) is 24.2 Å². The molecule has 5 heteroatoms. The molecule has 0 spiro atoms. The standard InChI is InChI=1S/C10H14FN3O/c1-10(2,6-12)14-9(15)7-3-8(11)5-13-4-7/h3-5H,6,12H2,1-2H3,(H,14,15). The molecule has 0 unspecified atom stereocenters. The molecule has 0 aliphatic carbocycles. The number of hydrogen-bond donors (Lipinski definition) is 2. The van der Waals surface area contributed by atoms with Gasteiger partial charge in [0.05, 0.1) is 11.8 Å². The van der Waals surface area contributed by atoms with Crippen LogP contribution in [-0.2, 0) is 0 Å². The zero-order valence-corrected chi connectivity index (χ0v) is 8.75. The minimum Gasteiger partial charge on any atom is -0.346 e. The van der Waals surface area contributed by atoms with Crippen molar-refractivity contribution in [1.82, 2.24) is 10.3 Å². The predicted octanol–water partition coefficient (Wildman–Crippen LogP) is 0.688. The van der Waals surface area contributed by atoms with Crippen molar-refractivity contribution in [1.29, 1.82) is 0 Å². The molecule has 0 saturated carbocycles. The molecule has 15 heavy (non-hydrogen) atoms. The minimum absolute atomic E-state index is 0.191. The zero-order chi connectivity index (χ0) is 11.5. The van der Waals surface area contributed by atoms with Crippen LogP contribution in [0.5, 0.6) is 0 Å². The SMILES string of the molecule is CC(C)(CN)NC(=O)c1cncc(F)c1. The molecule has 82 valence electrons. The fraction of sp³-hybridized carbons (Fsp3) is 0.400. The largest absolute Gasteiger partial charge is 0.346 e. The van der Waals surface area contributed by atoms with Crippen molar-refractivity contribution in [2.75, 3.05) is 6.54 Å². The molecule has 0 bridgehead atoms. The van der Waals surface area contributed by atoms with Crippen LogP contribution >= 0.6 is 0 Å². The van der Waals surface area contributed by atoms with Crippen molar-refractivity contribution >= 4 is 5.91 Å². The van der Waals surface area contributed by atoms with E-state index in [-0.39, 0.29) is 11.5 Å². The van der Waals surface area contributed by atoms with E-state index in [9.17, 15) is 9.18 Å². The molecule has 0 aliphatic rings. The lowest BCUT2D eigenvalue weighted by molar-refractivity contribution is 0.0915. The van der Waals surface area contributed by atoms with E-state index in [2.05, 4.69) is 10.3 Å². The van der Waals surface area contributed by atoms with E-state index in [1.165, 1.54) is 6.20 Å². The van der Waals surface area contributed by atoms with Gasteiger partial charge >= 0.3 is 0 Å². The summed E-state index contributed by atoms with van der Waals surface area (Å²) in [5, 5.41) is 2.68. The van der Waals surface area contributed by atoms with Gasteiger partial charge in [-0.2, -0.15) is 0 Å². The van der Waals surface area contributed by atoms with Gasteiger partial charge in [-0.25, -0.2) is 4.39 Å². The number of aromatic nitrogens is 1. The highest BCUT2D eigenvalue weighted by molar-refractivity contribution is 5.94. The Balaban J connectivity index is 2.78. The zero-order valence-electron chi connectivity index (χ0n) is 8.75. The van der Waals surface area contributed by atoms with Crippen LogP contribution in [0.15, 0.2) is 18.5 Å². The smallest absolute Gasteiger partial charge is 0.253 e. The summed E-state index contributed by atoms with van der Waals surface area (Å²) in [6.07, 6.45) is 2.36. The predicted molar refractivity (Wildman–Crippen MR) is 54.8 cm³/mol. The lowest BCUT2D eigenvalue weighted by atomic mass is 10.1. The molecular weight excluding hydrogens is 197 g/mol. The Labute approximate surface area is 87.7 Å². The third-order valence-electron chi connectivity index (χ3n) is 1.93. The number of halogens is 1. The molecule has 1 aromatic heterocycles. The maximum atomic E-state index is 12.8. The van der Waals surface area contributed by atoms with Gasteiger partial charge in [-0.05, 0) is 19.9 Å². The highest BCUT2D eigenvalue weighted by Crippen LogP contribution is 2.04. The van der Waals surface area contributed by atoms with Crippen LogP contribution < -0.4 is 11.1 Å². The number of pyridine rings is 1. The molecule has 0 fully saturated rings. The number of carbonyl (C=O) groups is 1. The van der Waals surface area contributed by atoms with Gasteiger partial charge in [0.25, 0.3) is 5.91 Å². The quantitative estimate of drug-likeness (QED) is 0.772. The average molecular weight is 211 g/mol. The van der Waals surface area contributed by atoms with Gasteiger partial charge in [-0.15, -0.1) is 0 Å². The maximum Gasteiger partial charge on any atom is 0.253 e. The Morgan fingerprint density at radius 2 is 2.27 bits per heavy atom. The van der Waals surface area contributed by atoms with Crippen LogP contribution in [0.4, 0.5) is 4.39 Å². The summed E-state index contributed by atoms with van der Waals surface area (Å²) in [5.74, 6) is -0.911. The Kier molecular flexibility index (Phi) is 3.36. The van der Waals surface area contributed by atoms with E-state index in [0.717, 1.165) is 12.3 Å². The van der Waals surface area contributed by atoms with E-state index < -0.39 is 11.4 Å². The average Bonchev–Trinajstić information content (AvgIpc) is 2.17. The van der Waals surface area contributed by atoms with Gasteiger partial charge < -0.3 is 11.1 Å². The Morgan fingerprint density at radius 3 is 2.80 bits per heavy atom. The van der Waals surface area contributed by atoms with Crippen molar-refractivity contribution in [3.8, 4) is 0 Å². The van der Waals surface area contributed by atoms with Gasteiger partial charge in [0.15, 0.2) is 0 Å². The molecule has 1 amide bonds. The second-order valence-corrected chi connectivity index (χ2v) is 3.93. The van der Waals surface area contributed by atoms with E-state index in [0.29, 0.717) is 6.54 Å². The molecule has 0 saturated heterocycles. The monoisotopic (exact) mass is 211 g/mol. The lowest BCUT2D eigenvalue weighted by Gasteiger charge is -2.24. The number of hydrogen-bond acceptors (Lipinski definition) is 3. The van der Waals surface area contributed by atoms with Crippen molar-refractivity contribution in [3.63, 3.8) is 0 Å². The van der Waals surface area contributed by atoms with Crippen molar-refractivity contribution < 1.29 is 9.18 Å². The first kappa shape index (κ1) is 11.6. The summed E-state index contributed by atoms with van der Waals surface area (Å²) in [4.78, 5) is 15.2. The summed E-state index contributed by atoms with van der Waals surface area (Å²) in [6.45, 7) is 3.89. The molecule has 1 rings (SSSR count). The van der Waals surface area contributed by atoms with Crippen LogP contribution in [-0.4, -0.2) is 23.0 Å². The Hall–Kier alpha value is -1.49. The first-order valence-corrected chi connectivity index (χ1v) is 4.58. The maximum absolute atomic E-state index is 12.8. The van der Waals surface area contributed by atoms with Gasteiger partial charge in [0, 0.05) is 18.3 Å². The van der Waals surface area contributed by atoms with Crippen LogP contribution in [0.3, 0.4) is 0 Å². The van der Waals surface area contributed by atoms with Gasteiger partial charge in [-0.3, -0.25) is 9.78 Å². The number of amides is 1. The van der Waals surface area contributed by atoms with Gasteiger partial charge in [0.1, 0.15) is 5.82 Å². The summed E-state index contributed by atoms with van der Waals surface area (Å²) in [7, 11) is 0. The first-order chi connectivity index (χ1) is 6.94. The molecule has 0 atom stereocenters. The third-order valence-corrected chi connectivity index (χ3v) is 1.93. The topological polar surface area (TPSA) is 68.0 Å². The fourth-order valence-corrected chi connectivity index (χ4v) is 0.967. The lowest BCUT2D eigenvalue weighted by Crippen LogP contribution is -2.48. The normalized spacial score (nSPS) is 11.2. The molecule has 4 nitrogen and oxygen atoms in total. The van der Waals surface area contributed by atoms with E-state index in [4.69, 9.17) is 5.73 Å². The number of nitrogens with zero attached hydrogens (tertiary/aromatic N) is 1. The van der Waals surface area contributed by atoms with Crippen LogP contribution in [0.25, 0.3) is 0 Å². The summed E-state index contributed by atoms with van der Waals surface area (Å²) >= 11 is 0. The molecule has 0 aromatic carbocycles. The van der Waals surface area contributed by atoms with Gasteiger partial charge in [0.2, 0.25) is 0 Å². The van der Waals surface area contributed by atoms with Gasteiger partial charge in [-0.1, -0.05) is 0 Å². The van der Waals surface area contributed by atoms with Crippen LogP contribution in [0.2, 0.25) is 0 Å². The third kappa shape index (κ3) is 3.28. The van der Waals surface area contributed by atoms with Crippen LogP contribution in [0, 0.1) is 5.82 Å². The number of nitrogens with two attached hydrogens (primary N) is 1. The first-order valence-electron chi connectivity index (χ1n) is 4.58. The molecule has 1 heterocycles. The molecule has 1 aromatic rings.